The van der Waals surface area contributed by atoms with Crippen LogP contribution in [-0.2, 0) is 0 Å². The molecule has 0 aliphatic heterocycles. The third-order valence-corrected chi connectivity index (χ3v) is 3.66. The lowest BCUT2D eigenvalue weighted by Gasteiger charge is -2.37. The number of hydrogen-bond acceptors (Lipinski definition) is 4. The van der Waals surface area contributed by atoms with Gasteiger partial charge < -0.3 is 10.0 Å². The van der Waals surface area contributed by atoms with Crippen LogP contribution in [0, 0.1) is 10.1 Å². The highest BCUT2D eigenvalue weighted by Gasteiger charge is 2.31. The summed E-state index contributed by atoms with van der Waals surface area (Å²) in [6, 6.07) is 6.17. The van der Waals surface area contributed by atoms with Gasteiger partial charge in [-0.2, -0.15) is 0 Å². The summed E-state index contributed by atoms with van der Waals surface area (Å²) < 4.78 is 0. The third kappa shape index (κ3) is 2.96. The number of hydrogen-bond donors (Lipinski definition) is 1. The standard InChI is InChI=1S/C14H18N2O4/c17-10-4-9-15(11-5-3-6-11)14(18)12-7-1-2-8-13(12)16(19)20/h1-2,7-8,11,17H,3-6,9-10H2. The van der Waals surface area contributed by atoms with Gasteiger partial charge in [-0.25, -0.2) is 0 Å². The summed E-state index contributed by atoms with van der Waals surface area (Å²) in [5.74, 6) is -0.310. The molecule has 0 atom stereocenters. The minimum absolute atomic E-state index is 0.00732. The van der Waals surface area contributed by atoms with Crippen LogP contribution in [0.1, 0.15) is 36.0 Å². The monoisotopic (exact) mass is 278 g/mol. The molecule has 1 fully saturated rings. The van der Waals surface area contributed by atoms with E-state index in [4.69, 9.17) is 5.11 Å². The fraction of sp³-hybridized carbons (Fsp3) is 0.500. The number of para-hydroxylation sites is 1. The largest absolute Gasteiger partial charge is 0.396 e. The second-order valence-corrected chi connectivity index (χ2v) is 4.93. The van der Waals surface area contributed by atoms with Crippen LogP contribution >= 0.6 is 0 Å². The zero-order valence-corrected chi connectivity index (χ0v) is 11.2. The molecule has 0 saturated heterocycles. The Balaban J connectivity index is 2.24. The fourth-order valence-corrected chi connectivity index (χ4v) is 2.36. The van der Waals surface area contributed by atoms with Gasteiger partial charge in [0.25, 0.3) is 11.6 Å². The first-order valence-electron chi connectivity index (χ1n) is 6.80. The Morgan fingerprint density at radius 1 is 1.40 bits per heavy atom. The number of nitrogens with zero attached hydrogens (tertiary/aromatic N) is 2. The van der Waals surface area contributed by atoms with Gasteiger partial charge in [-0.15, -0.1) is 0 Å². The average molecular weight is 278 g/mol. The molecule has 20 heavy (non-hydrogen) atoms. The maximum absolute atomic E-state index is 12.6. The highest BCUT2D eigenvalue weighted by Crippen LogP contribution is 2.28. The summed E-state index contributed by atoms with van der Waals surface area (Å²) in [6.07, 6.45) is 3.42. The third-order valence-electron chi connectivity index (χ3n) is 3.66. The van der Waals surface area contributed by atoms with Crippen molar-refractivity contribution in [2.24, 2.45) is 0 Å². The van der Waals surface area contributed by atoms with Gasteiger partial charge >= 0.3 is 0 Å². The van der Waals surface area contributed by atoms with E-state index in [0.717, 1.165) is 19.3 Å². The van der Waals surface area contributed by atoms with E-state index in [-0.39, 0.29) is 29.8 Å². The van der Waals surface area contributed by atoms with Crippen molar-refractivity contribution in [3.8, 4) is 0 Å². The van der Waals surface area contributed by atoms with E-state index in [1.807, 2.05) is 0 Å². The number of nitro groups is 1. The predicted molar refractivity (Wildman–Crippen MR) is 73.5 cm³/mol. The van der Waals surface area contributed by atoms with Crippen molar-refractivity contribution >= 4 is 11.6 Å². The summed E-state index contributed by atoms with van der Waals surface area (Å²) in [7, 11) is 0. The van der Waals surface area contributed by atoms with Crippen LogP contribution in [0.25, 0.3) is 0 Å². The zero-order chi connectivity index (χ0) is 14.5. The molecular weight excluding hydrogens is 260 g/mol. The SMILES string of the molecule is O=C(c1ccccc1[N+](=O)[O-])N(CCCO)C1CCC1. The smallest absolute Gasteiger partial charge is 0.282 e. The molecule has 2 rings (SSSR count). The van der Waals surface area contributed by atoms with Crippen molar-refractivity contribution in [2.45, 2.75) is 31.7 Å². The van der Waals surface area contributed by atoms with E-state index >= 15 is 0 Å². The summed E-state index contributed by atoms with van der Waals surface area (Å²) >= 11 is 0. The molecule has 1 aromatic rings. The Bertz CT molecular complexity index is 500. The molecule has 1 aromatic carbocycles. The van der Waals surface area contributed by atoms with E-state index in [1.54, 1.807) is 17.0 Å². The zero-order valence-electron chi connectivity index (χ0n) is 11.2. The maximum Gasteiger partial charge on any atom is 0.282 e. The number of carbonyl (C=O) groups excluding carboxylic acids is 1. The molecule has 0 radical (unpaired) electrons. The maximum atomic E-state index is 12.6. The second kappa shape index (κ2) is 6.47. The Morgan fingerprint density at radius 3 is 2.65 bits per heavy atom. The van der Waals surface area contributed by atoms with Gasteiger partial charge in [0, 0.05) is 25.3 Å². The Hall–Kier alpha value is -1.95. The van der Waals surface area contributed by atoms with Gasteiger partial charge in [0.05, 0.1) is 4.92 Å². The van der Waals surface area contributed by atoms with Crippen molar-refractivity contribution in [3.63, 3.8) is 0 Å². The van der Waals surface area contributed by atoms with E-state index in [0.29, 0.717) is 13.0 Å². The quantitative estimate of drug-likeness (QED) is 0.637. The van der Waals surface area contributed by atoms with Crippen LogP contribution in [0.5, 0.6) is 0 Å². The number of amides is 1. The fourth-order valence-electron chi connectivity index (χ4n) is 2.36. The number of nitro benzene ring substituents is 1. The van der Waals surface area contributed by atoms with E-state index < -0.39 is 4.92 Å². The first kappa shape index (κ1) is 14.5. The lowest BCUT2D eigenvalue weighted by atomic mass is 9.90. The second-order valence-electron chi connectivity index (χ2n) is 4.93. The number of aliphatic hydroxyl groups excluding tert-OH is 1. The van der Waals surface area contributed by atoms with Gasteiger partial charge in [0.15, 0.2) is 0 Å². The van der Waals surface area contributed by atoms with Gasteiger partial charge in [0.2, 0.25) is 0 Å². The summed E-state index contributed by atoms with van der Waals surface area (Å²) in [5, 5.41) is 19.9. The van der Waals surface area contributed by atoms with Crippen molar-refractivity contribution in [3.05, 3.63) is 39.9 Å². The van der Waals surface area contributed by atoms with E-state index in [1.165, 1.54) is 12.1 Å². The topological polar surface area (TPSA) is 83.7 Å². The molecule has 1 aliphatic rings. The van der Waals surface area contributed by atoms with Crippen LogP contribution in [0.15, 0.2) is 24.3 Å². The summed E-state index contributed by atoms with van der Waals surface area (Å²) in [5.41, 5.74) is -0.0341. The molecule has 1 N–H and O–H groups in total. The molecule has 0 heterocycles. The highest BCUT2D eigenvalue weighted by molar-refractivity contribution is 5.98. The first-order chi connectivity index (χ1) is 9.65. The molecule has 6 heteroatoms. The van der Waals surface area contributed by atoms with Crippen molar-refractivity contribution < 1.29 is 14.8 Å². The van der Waals surface area contributed by atoms with Crippen LogP contribution in [0.2, 0.25) is 0 Å². The Labute approximate surface area is 117 Å². The lowest BCUT2D eigenvalue weighted by Crippen LogP contribution is -2.45. The van der Waals surface area contributed by atoms with Crippen LogP contribution in [0.4, 0.5) is 5.69 Å². The minimum Gasteiger partial charge on any atom is -0.396 e. The highest BCUT2D eigenvalue weighted by atomic mass is 16.6. The van der Waals surface area contributed by atoms with Crippen molar-refractivity contribution in [2.75, 3.05) is 13.2 Å². The predicted octanol–water partition coefficient (Wildman–Crippen LogP) is 1.97. The van der Waals surface area contributed by atoms with Crippen molar-refractivity contribution in [1.82, 2.24) is 4.90 Å². The molecule has 108 valence electrons. The molecule has 6 nitrogen and oxygen atoms in total. The molecule has 1 saturated carbocycles. The van der Waals surface area contributed by atoms with Crippen LogP contribution in [-0.4, -0.2) is 40.0 Å². The molecule has 1 aliphatic carbocycles. The Kier molecular flexibility index (Phi) is 4.68. The van der Waals surface area contributed by atoms with E-state index in [9.17, 15) is 14.9 Å². The molecule has 0 spiro atoms. The van der Waals surface area contributed by atoms with Gasteiger partial charge in [0.1, 0.15) is 5.56 Å². The minimum atomic E-state index is -0.530. The van der Waals surface area contributed by atoms with E-state index in [2.05, 4.69) is 0 Å². The molecule has 0 aromatic heterocycles. The molecular formula is C14H18N2O4. The molecule has 1 amide bonds. The number of aliphatic hydroxyl groups is 1. The Morgan fingerprint density at radius 2 is 2.10 bits per heavy atom. The molecule has 0 bridgehead atoms. The number of carbonyl (C=O) groups is 1. The van der Waals surface area contributed by atoms with Gasteiger partial charge in [-0.1, -0.05) is 12.1 Å². The first-order valence-corrected chi connectivity index (χ1v) is 6.80. The lowest BCUT2D eigenvalue weighted by molar-refractivity contribution is -0.385. The molecule has 0 unspecified atom stereocenters. The summed E-state index contributed by atoms with van der Waals surface area (Å²) in [6.45, 7) is 0.444. The average Bonchev–Trinajstić information content (AvgIpc) is 2.40. The number of rotatable bonds is 6. The van der Waals surface area contributed by atoms with Crippen LogP contribution < -0.4 is 0 Å². The van der Waals surface area contributed by atoms with Crippen LogP contribution in [0.3, 0.4) is 0 Å². The normalized spacial score (nSPS) is 14.7. The summed E-state index contributed by atoms with van der Waals surface area (Å²) in [4.78, 5) is 24.7. The number of benzene rings is 1. The van der Waals surface area contributed by atoms with Gasteiger partial charge in [-0.05, 0) is 31.7 Å². The van der Waals surface area contributed by atoms with Crippen molar-refractivity contribution in [1.29, 1.82) is 0 Å². The van der Waals surface area contributed by atoms with Gasteiger partial charge in [-0.3, -0.25) is 14.9 Å².